The van der Waals surface area contributed by atoms with Crippen molar-refractivity contribution in [3.63, 3.8) is 0 Å². The third-order valence-corrected chi connectivity index (χ3v) is 4.81. The van der Waals surface area contributed by atoms with Gasteiger partial charge < -0.3 is 5.32 Å². The number of carbonyl (C=O) groups excluding carboxylic acids is 1. The monoisotopic (exact) mass is 349 g/mol. The number of amides is 1. The third-order valence-electron chi connectivity index (χ3n) is 3.02. The number of carbonyl (C=O) groups is 1. The molecule has 2 rings (SSSR count). The number of rotatable bonds is 2. The first-order chi connectivity index (χ1) is 7.75. The zero-order valence-electron chi connectivity index (χ0n) is 9.17. The summed E-state index contributed by atoms with van der Waals surface area (Å²) in [5, 5.41) is 5.09. The first-order valence-electron chi connectivity index (χ1n) is 5.80. The maximum atomic E-state index is 11.9. The lowest BCUT2D eigenvalue weighted by Crippen LogP contribution is -2.34. The lowest BCUT2D eigenvalue weighted by molar-refractivity contribution is 0.0934. The van der Waals surface area contributed by atoms with Gasteiger partial charge in [-0.1, -0.05) is 25.7 Å². The quantitative estimate of drug-likeness (QED) is 0.639. The van der Waals surface area contributed by atoms with Crippen molar-refractivity contribution in [1.29, 1.82) is 0 Å². The van der Waals surface area contributed by atoms with E-state index in [-0.39, 0.29) is 5.91 Å². The molecule has 1 saturated carbocycles. The molecule has 1 aromatic rings. The molecule has 1 N–H and O–H groups in total. The molecule has 1 fully saturated rings. The van der Waals surface area contributed by atoms with E-state index in [4.69, 9.17) is 0 Å². The molecule has 0 atom stereocenters. The van der Waals surface area contributed by atoms with Gasteiger partial charge in [0.1, 0.15) is 0 Å². The van der Waals surface area contributed by atoms with E-state index in [1.807, 2.05) is 11.4 Å². The second kappa shape index (κ2) is 6.00. The summed E-state index contributed by atoms with van der Waals surface area (Å²) in [5.41, 5.74) is 0.818. The fourth-order valence-corrected chi connectivity index (χ4v) is 3.45. The molecular weight excluding hydrogens is 333 g/mol. The van der Waals surface area contributed by atoms with E-state index in [2.05, 4.69) is 27.9 Å². The van der Waals surface area contributed by atoms with Gasteiger partial charge in [0.25, 0.3) is 5.91 Å². The second-order valence-corrected chi connectivity index (χ2v) is 7.11. The molecule has 0 spiro atoms. The minimum atomic E-state index is 0.103. The molecule has 1 aliphatic rings. The highest BCUT2D eigenvalue weighted by Crippen LogP contribution is 2.19. The lowest BCUT2D eigenvalue weighted by atomic mass is 10.1. The van der Waals surface area contributed by atoms with Crippen LogP contribution in [0.25, 0.3) is 0 Å². The summed E-state index contributed by atoms with van der Waals surface area (Å²) >= 11 is 3.87. The van der Waals surface area contributed by atoms with Crippen molar-refractivity contribution < 1.29 is 4.79 Å². The van der Waals surface area contributed by atoms with Crippen LogP contribution in [0.3, 0.4) is 0 Å². The molecule has 0 aliphatic heterocycles. The Hall–Kier alpha value is -0.100. The normalized spacial score (nSPS) is 18.1. The fraction of sp³-hybridized carbons (Fsp3) is 0.583. The topological polar surface area (TPSA) is 29.1 Å². The Morgan fingerprint density at radius 2 is 2.00 bits per heavy atom. The van der Waals surface area contributed by atoms with Gasteiger partial charge in [-0.2, -0.15) is 0 Å². The zero-order chi connectivity index (χ0) is 11.4. The van der Waals surface area contributed by atoms with Gasteiger partial charge in [-0.25, -0.2) is 0 Å². The average molecular weight is 349 g/mol. The van der Waals surface area contributed by atoms with Crippen molar-refractivity contribution in [3.8, 4) is 0 Å². The standard InChI is InChI=1S/C12H16INOS/c13-11-7-9(8-16-11)12(15)14-10-5-3-1-2-4-6-10/h7-8,10H,1-6H2,(H,14,15). The minimum absolute atomic E-state index is 0.103. The number of nitrogens with one attached hydrogen (secondary N) is 1. The molecule has 2 nitrogen and oxygen atoms in total. The van der Waals surface area contributed by atoms with Crippen LogP contribution >= 0.6 is 33.9 Å². The van der Waals surface area contributed by atoms with Crippen LogP contribution in [0, 0.1) is 2.88 Å². The van der Waals surface area contributed by atoms with E-state index in [1.165, 1.54) is 28.6 Å². The largest absolute Gasteiger partial charge is 0.349 e. The van der Waals surface area contributed by atoms with Crippen molar-refractivity contribution in [3.05, 3.63) is 19.9 Å². The summed E-state index contributed by atoms with van der Waals surface area (Å²) in [5.74, 6) is 0.103. The van der Waals surface area contributed by atoms with E-state index in [9.17, 15) is 4.79 Å². The smallest absolute Gasteiger partial charge is 0.252 e. The summed E-state index contributed by atoms with van der Waals surface area (Å²) < 4.78 is 1.17. The lowest BCUT2D eigenvalue weighted by Gasteiger charge is -2.15. The average Bonchev–Trinajstić information content (AvgIpc) is 2.54. The number of halogens is 1. The van der Waals surface area contributed by atoms with E-state index >= 15 is 0 Å². The van der Waals surface area contributed by atoms with Gasteiger partial charge >= 0.3 is 0 Å². The fourth-order valence-electron chi connectivity index (χ4n) is 2.12. The Morgan fingerprint density at radius 3 is 2.56 bits per heavy atom. The van der Waals surface area contributed by atoms with Crippen LogP contribution in [0.2, 0.25) is 0 Å². The van der Waals surface area contributed by atoms with Crippen molar-refractivity contribution in [2.45, 2.75) is 44.6 Å². The third kappa shape index (κ3) is 3.45. The minimum Gasteiger partial charge on any atom is -0.349 e. The number of hydrogen-bond acceptors (Lipinski definition) is 2. The zero-order valence-corrected chi connectivity index (χ0v) is 12.1. The molecule has 1 aromatic heterocycles. The molecule has 1 amide bonds. The summed E-state index contributed by atoms with van der Waals surface area (Å²) in [4.78, 5) is 11.9. The molecule has 0 saturated heterocycles. The van der Waals surface area contributed by atoms with E-state index in [1.54, 1.807) is 11.3 Å². The van der Waals surface area contributed by atoms with E-state index in [0.717, 1.165) is 18.4 Å². The second-order valence-electron chi connectivity index (χ2n) is 4.30. The first-order valence-corrected chi connectivity index (χ1v) is 7.76. The highest BCUT2D eigenvalue weighted by molar-refractivity contribution is 14.1. The van der Waals surface area contributed by atoms with Gasteiger partial charge in [-0.05, 0) is 41.5 Å². The van der Waals surface area contributed by atoms with E-state index in [0.29, 0.717) is 6.04 Å². The van der Waals surface area contributed by atoms with Crippen molar-refractivity contribution >= 4 is 39.8 Å². The molecule has 16 heavy (non-hydrogen) atoms. The molecule has 0 bridgehead atoms. The summed E-state index contributed by atoms with van der Waals surface area (Å²) in [6, 6.07) is 2.35. The summed E-state index contributed by atoms with van der Waals surface area (Å²) in [6.45, 7) is 0. The molecular formula is C12H16INOS. The van der Waals surface area contributed by atoms with Crippen molar-refractivity contribution in [2.75, 3.05) is 0 Å². The van der Waals surface area contributed by atoms with Gasteiger partial charge in [0.2, 0.25) is 0 Å². The van der Waals surface area contributed by atoms with Crippen molar-refractivity contribution in [1.82, 2.24) is 5.32 Å². The van der Waals surface area contributed by atoms with Crippen LogP contribution in [0.1, 0.15) is 48.9 Å². The molecule has 4 heteroatoms. The van der Waals surface area contributed by atoms with Crippen molar-refractivity contribution in [2.24, 2.45) is 0 Å². The summed E-state index contributed by atoms with van der Waals surface area (Å²) in [7, 11) is 0. The SMILES string of the molecule is O=C(NC1CCCCCC1)c1csc(I)c1. The van der Waals surface area contributed by atoms with Crippen LogP contribution in [-0.4, -0.2) is 11.9 Å². The van der Waals surface area contributed by atoms with Gasteiger partial charge in [-0.15, -0.1) is 11.3 Å². The van der Waals surface area contributed by atoms with Gasteiger partial charge in [0.05, 0.1) is 8.45 Å². The van der Waals surface area contributed by atoms with Gasteiger partial charge in [0.15, 0.2) is 0 Å². The molecule has 1 aliphatic carbocycles. The maximum absolute atomic E-state index is 11.9. The maximum Gasteiger partial charge on any atom is 0.252 e. The molecule has 88 valence electrons. The van der Waals surface area contributed by atoms with Gasteiger partial charge in [-0.3, -0.25) is 4.79 Å². The number of hydrogen-bond donors (Lipinski definition) is 1. The predicted molar refractivity (Wildman–Crippen MR) is 76.0 cm³/mol. The highest BCUT2D eigenvalue weighted by Gasteiger charge is 2.16. The van der Waals surface area contributed by atoms with Crippen LogP contribution < -0.4 is 5.32 Å². The Kier molecular flexibility index (Phi) is 4.64. The van der Waals surface area contributed by atoms with Crippen LogP contribution in [0.15, 0.2) is 11.4 Å². The Morgan fingerprint density at radius 1 is 1.31 bits per heavy atom. The molecule has 0 radical (unpaired) electrons. The Labute approximate surface area is 114 Å². The van der Waals surface area contributed by atoms with Crippen LogP contribution in [0.5, 0.6) is 0 Å². The molecule has 0 unspecified atom stereocenters. The summed E-state index contributed by atoms with van der Waals surface area (Å²) in [6.07, 6.45) is 7.45. The van der Waals surface area contributed by atoms with E-state index < -0.39 is 0 Å². The Balaban J connectivity index is 1.90. The Bertz CT molecular complexity index is 356. The molecule has 0 aromatic carbocycles. The van der Waals surface area contributed by atoms with Crippen LogP contribution in [-0.2, 0) is 0 Å². The van der Waals surface area contributed by atoms with Gasteiger partial charge in [0, 0.05) is 11.4 Å². The first kappa shape index (κ1) is 12.4. The number of thiophene rings is 1. The van der Waals surface area contributed by atoms with Crippen LogP contribution in [0.4, 0.5) is 0 Å². The highest BCUT2D eigenvalue weighted by atomic mass is 127. The predicted octanol–water partition coefficient (Wildman–Crippen LogP) is 3.81. The molecule has 1 heterocycles.